The molecule has 1 aromatic heterocycles. The van der Waals surface area contributed by atoms with Crippen molar-refractivity contribution < 1.29 is 14.3 Å². The number of ether oxygens (including phenoxy) is 1. The minimum absolute atomic E-state index is 0.252. The summed E-state index contributed by atoms with van der Waals surface area (Å²) in [7, 11) is 1.55. The van der Waals surface area contributed by atoms with Gasteiger partial charge in [-0.1, -0.05) is 17.7 Å². The van der Waals surface area contributed by atoms with Crippen LogP contribution in [0.15, 0.2) is 29.6 Å². The molecule has 2 rings (SSSR count). The molecule has 0 aliphatic rings. The topological polar surface area (TPSA) is 80.3 Å². The van der Waals surface area contributed by atoms with E-state index in [1.165, 1.54) is 11.3 Å². The third-order valence-electron chi connectivity index (χ3n) is 2.64. The number of methoxy groups -OCH3 is 1. The molecule has 22 heavy (non-hydrogen) atoms. The number of anilines is 1. The van der Waals surface area contributed by atoms with Gasteiger partial charge in [0.1, 0.15) is 5.69 Å². The van der Waals surface area contributed by atoms with Gasteiger partial charge < -0.3 is 10.1 Å². The SMILES string of the molecule is COCCNC(=O)c1csc(NC(=O)c2cccc(Cl)c2)n1. The van der Waals surface area contributed by atoms with Crippen molar-refractivity contribution in [3.8, 4) is 0 Å². The van der Waals surface area contributed by atoms with E-state index in [1.54, 1.807) is 36.8 Å². The summed E-state index contributed by atoms with van der Waals surface area (Å²) in [6.07, 6.45) is 0. The van der Waals surface area contributed by atoms with Crippen LogP contribution in [0.25, 0.3) is 0 Å². The molecule has 0 unspecified atom stereocenters. The average molecular weight is 340 g/mol. The zero-order chi connectivity index (χ0) is 15.9. The van der Waals surface area contributed by atoms with Gasteiger partial charge in [-0.05, 0) is 18.2 Å². The first kappa shape index (κ1) is 16.4. The number of nitrogens with one attached hydrogen (secondary N) is 2. The average Bonchev–Trinajstić information content (AvgIpc) is 2.96. The summed E-state index contributed by atoms with van der Waals surface area (Å²) in [5.74, 6) is -0.639. The zero-order valence-electron chi connectivity index (χ0n) is 11.8. The molecule has 2 N–H and O–H groups in total. The highest BCUT2D eigenvalue weighted by Gasteiger charge is 2.13. The van der Waals surface area contributed by atoms with Gasteiger partial charge in [0, 0.05) is 29.6 Å². The molecular formula is C14H14ClN3O3S. The molecule has 1 heterocycles. The van der Waals surface area contributed by atoms with Gasteiger partial charge in [0.15, 0.2) is 5.13 Å². The summed E-state index contributed by atoms with van der Waals surface area (Å²) >= 11 is 7.02. The second-order valence-electron chi connectivity index (χ2n) is 4.25. The van der Waals surface area contributed by atoms with Crippen LogP contribution in [0.4, 0.5) is 5.13 Å². The number of halogens is 1. The summed E-state index contributed by atoms with van der Waals surface area (Å²) in [6, 6.07) is 6.58. The fraction of sp³-hybridized carbons (Fsp3) is 0.214. The zero-order valence-corrected chi connectivity index (χ0v) is 13.3. The molecular weight excluding hydrogens is 326 g/mol. The van der Waals surface area contributed by atoms with Crippen LogP contribution < -0.4 is 10.6 Å². The van der Waals surface area contributed by atoms with Crippen LogP contribution >= 0.6 is 22.9 Å². The van der Waals surface area contributed by atoms with Gasteiger partial charge in [-0.15, -0.1) is 11.3 Å². The van der Waals surface area contributed by atoms with E-state index in [2.05, 4.69) is 15.6 Å². The maximum Gasteiger partial charge on any atom is 0.270 e. The highest BCUT2D eigenvalue weighted by molar-refractivity contribution is 7.14. The summed E-state index contributed by atoms with van der Waals surface area (Å²) < 4.78 is 4.84. The monoisotopic (exact) mass is 339 g/mol. The fourth-order valence-electron chi connectivity index (χ4n) is 1.59. The normalized spacial score (nSPS) is 10.3. The van der Waals surface area contributed by atoms with Crippen molar-refractivity contribution in [2.45, 2.75) is 0 Å². The lowest BCUT2D eigenvalue weighted by Crippen LogP contribution is -2.27. The number of rotatable bonds is 6. The Morgan fingerprint density at radius 1 is 1.36 bits per heavy atom. The Kier molecular flexibility index (Phi) is 5.88. The lowest BCUT2D eigenvalue weighted by atomic mass is 10.2. The van der Waals surface area contributed by atoms with Gasteiger partial charge in [-0.25, -0.2) is 4.98 Å². The van der Waals surface area contributed by atoms with E-state index < -0.39 is 0 Å². The first-order valence-electron chi connectivity index (χ1n) is 6.39. The van der Waals surface area contributed by atoms with E-state index in [-0.39, 0.29) is 17.5 Å². The molecule has 0 saturated heterocycles. The Balaban J connectivity index is 1.97. The van der Waals surface area contributed by atoms with Crippen LogP contribution in [0.3, 0.4) is 0 Å². The second-order valence-corrected chi connectivity index (χ2v) is 5.55. The smallest absolute Gasteiger partial charge is 0.270 e. The molecule has 0 radical (unpaired) electrons. The molecule has 0 bridgehead atoms. The van der Waals surface area contributed by atoms with Gasteiger partial charge in [-0.3, -0.25) is 14.9 Å². The van der Waals surface area contributed by atoms with Crippen molar-refractivity contribution in [2.75, 3.05) is 25.6 Å². The summed E-state index contributed by atoms with van der Waals surface area (Å²) in [5, 5.41) is 7.69. The van der Waals surface area contributed by atoms with Crippen molar-refractivity contribution in [3.63, 3.8) is 0 Å². The van der Waals surface area contributed by atoms with E-state index in [9.17, 15) is 9.59 Å². The molecule has 1 aromatic carbocycles. The predicted molar refractivity (Wildman–Crippen MR) is 85.7 cm³/mol. The fourth-order valence-corrected chi connectivity index (χ4v) is 2.47. The van der Waals surface area contributed by atoms with Gasteiger partial charge in [-0.2, -0.15) is 0 Å². The number of aromatic nitrogens is 1. The molecule has 0 aliphatic heterocycles. The molecule has 0 atom stereocenters. The first-order valence-corrected chi connectivity index (χ1v) is 7.65. The number of carbonyl (C=O) groups is 2. The molecule has 0 fully saturated rings. The molecule has 116 valence electrons. The third-order valence-corrected chi connectivity index (χ3v) is 3.63. The van der Waals surface area contributed by atoms with Crippen LogP contribution in [0, 0.1) is 0 Å². The van der Waals surface area contributed by atoms with E-state index >= 15 is 0 Å². The lowest BCUT2D eigenvalue weighted by molar-refractivity contribution is 0.0931. The van der Waals surface area contributed by atoms with E-state index in [4.69, 9.17) is 16.3 Å². The standard InChI is InChI=1S/C14H14ClN3O3S/c1-21-6-5-16-13(20)11-8-22-14(17-11)18-12(19)9-3-2-4-10(15)7-9/h2-4,7-8H,5-6H2,1H3,(H,16,20)(H,17,18,19). The Hall–Kier alpha value is -1.96. The lowest BCUT2D eigenvalue weighted by Gasteiger charge is -2.02. The van der Waals surface area contributed by atoms with E-state index in [0.717, 1.165) is 0 Å². The number of thiazole rings is 1. The van der Waals surface area contributed by atoms with E-state index in [1.807, 2.05) is 0 Å². The number of carbonyl (C=O) groups excluding carboxylic acids is 2. The quantitative estimate of drug-likeness (QED) is 0.792. The summed E-state index contributed by atoms with van der Waals surface area (Å²) in [5.41, 5.74) is 0.677. The molecule has 6 nitrogen and oxygen atoms in total. The molecule has 2 amide bonds. The van der Waals surface area contributed by atoms with Crippen LogP contribution in [-0.2, 0) is 4.74 Å². The summed E-state index contributed by atoms with van der Waals surface area (Å²) in [6.45, 7) is 0.825. The van der Waals surface area contributed by atoms with Crippen LogP contribution in [-0.4, -0.2) is 37.1 Å². The number of benzene rings is 1. The predicted octanol–water partition coefficient (Wildman–Crippen LogP) is 2.43. The largest absolute Gasteiger partial charge is 0.383 e. The highest BCUT2D eigenvalue weighted by atomic mass is 35.5. The van der Waals surface area contributed by atoms with Crippen molar-refractivity contribution in [1.29, 1.82) is 0 Å². The van der Waals surface area contributed by atoms with Gasteiger partial charge in [0.25, 0.3) is 11.8 Å². The number of hydrogen-bond acceptors (Lipinski definition) is 5. The van der Waals surface area contributed by atoms with E-state index in [0.29, 0.717) is 28.9 Å². The van der Waals surface area contributed by atoms with Gasteiger partial charge >= 0.3 is 0 Å². The molecule has 0 spiro atoms. The Morgan fingerprint density at radius 3 is 2.91 bits per heavy atom. The minimum atomic E-state index is -0.330. The number of amides is 2. The Bertz CT molecular complexity index is 675. The van der Waals surface area contributed by atoms with Gasteiger partial charge in [0.2, 0.25) is 0 Å². The summed E-state index contributed by atoms with van der Waals surface area (Å²) in [4.78, 5) is 27.9. The minimum Gasteiger partial charge on any atom is -0.383 e. The van der Waals surface area contributed by atoms with Crippen molar-refractivity contribution in [1.82, 2.24) is 10.3 Å². The molecule has 8 heteroatoms. The van der Waals surface area contributed by atoms with Gasteiger partial charge in [0.05, 0.1) is 6.61 Å². The van der Waals surface area contributed by atoms with Crippen molar-refractivity contribution in [3.05, 3.63) is 45.9 Å². The maximum absolute atomic E-state index is 12.0. The Labute approximate surface area is 136 Å². The Morgan fingerprint density at radius 2 is 2.18 bits per heavy atom. The third kappa shape index (κ3) is 4.52. The molecule has 0 aliphatic carbocycles. The second kappa shape index (κ2) is 7.88. The van der Waals surface area contributed by atoms with Crippen molar-refractivity contribution >= 4 is 39.9 Å². The molecule has 0 saturated carbocycles. The number of nitrogens with zero attached hydrogens (tertiary/aromatic N) is 1. The number of hydrogen-bond donors (Lipinski definition) is 2. The van der Waals surface area contributed by atoms with Crippen LogP contribution in [0.1, 0.15) is 20.8 Å². The first-order chi connectivity index (χ1) is 10.6. The highest BCUT2D eigenvalue weighted by Crippen LogP contribution is 2.17. The maximum atomic E-state index is 12.0. The van der Waals surface area contributed by atoms with Crippen LogP contribution in [0.5, 0.6) is 0 Å². The molecule has 2 aromatic rings. The van der Waals surface area contributed by atoms with Crippen LogP contribution in [0.2, 0.25) is 5.02 Å². The van der Waals surface area contributed by atoms with Crippen molar-refractivity contribution in [2.24, 2.45) is 0 Å².